The maximum Gasteiger partial charge on any atom is 0.0640 e. The van der Waals surface area contributed by atoms with E-state index in [1.54, 1.807) is 6.07 Å². The van der Waals surface area contributed by atoms with Gasteiger partial charge in [0.05, 0.1) is 16.1 Å². The Morgan fingerprint density at radius 1 is 1.00 bits per heavy atom. The molecule has 0 bridgehead atoms. The van der Waals surface area contributed by atoms with Crippen molar-refractivity contribution in [2.24, 2.45) is 5.84 Å². The van der Waals surface area contributed by atoms with Crippen molar-refractivity contribution in [1.82, 2.24) is 5.43 Å². The summed E-state index contributed by atoms with van der Waals surface area (Å²) in [6, 6.07) is 16.1. The van der Waals surface area contributed by atoms with Crippen molar-refractivity contribution >= 4 is 23.2 Å². The molecule has 2 aromatic carbocycles. The van der Waals surface area contributed by atoms with Gasteiger partial charge in [0.25, 0.3) is 0 Å². The van der Waals surface area contributed by atoms with Gasteiger partial charge in [-0.2, -0.15) is 0 Å². The van der Waals surface area contributed by atoms with E-state index in [1.807, 2.05) is 18.2 Å². The van der Waals surface area contributed by atoms with Crippen LogP contribution in [-0.4, -0.2) is 0 Å². The zero-order valence-electron chi connectivity index (χ0n) is 10.9. The van der Waals surface area contributed by atoms with Crippen LogP contribution in [0, 0.1) is 0 Å². The molecule has 0 amide bonds. The largest absolute Gasteiger partial charge is 0.271 e. The lowest BCUT2D eigenvalue weighted by Crippen LogP contribution is -2.37. The molecule has 0 aliphatic heterocycles. The molecule has 104 valence electrons. The molecule has 1 fully saturated rings. The molecule has 1 atom stereocenters. The van der Waals surface area contributed by atoms with Crippen molar-refractivity contribution in [3.05, 3.63) is 69.7 Å². The summed E-state index contributed by atoms with van der Waals surface area (Å²) < 4.78 is 0. The molecule has 1 aliphatic carbocycles. The quantitative estimate of drug-likeness (QED) is 0.655. The molecule has 1 unspecified atom stereocenters. The highest BCUT2D eigenvalue weighted by Crippen LogP contribution is 2.57. The van der Waals surface area contributed by atoms with Gasteiger partial charge >= 0.3 is 0 Å². The predicted molar refractivity (Wildman–Crippen MR) is 83.9 cm³/mol. The fourth-order valence-electron chi connectivity index (χ4n) is 2.94. The molecular formula is C16H16Cl2N2. The minimum absolute atomic E-state index is 0.0182. The van der Waals surface area contributed by atoms with Gasteiger partial charge in [-0.15, -0.1) is 0 Å². The summed E-state index contributed by atoms with van der Waals surface area (Å²) in [5.74, 6) is 5.84. The summed E-state index contributed by atoms with van der Waals surface area (Å²) in [6.45, 7) is 0. The number of hydrazine groups is 1. The number of hydrogen-bond acceptors (Lipinski definition) is 2. The molecule has 4 heteroatoms. The molecule has 1 saturated carbocycles. The Morgan fingerprint density at radius 2 is 1.70 bits per heavy atom. The number of benzene rings is 2. The molecule has 0 spiro atoms. The number of nitrogens with two attached hydrogens (primary N) is 1. The Kier molecular flexibility index (Phi) is 3.74. The van der Waals surface area contributed by atoms with Gasteiger partial charge in [0, 0.05) is 5.41 Å². The fraction of sp³-hybridized carbons (Fsp3) is 0.250. The van der Waals surface area contributed by atoms with Crippen molar-refractivity contribution in [3.63, 3.8) is 0 Å². The summed E-state index contributed by atoms with van der Waals surface area (Å²) >= 11 is 12.5. The van der Waals surface area contributed by atoms with Crippen LogP contribution in [-0.2, 0) is 5.41 Å². The highest BCUT2D eigenvalue weighted by molar-refractivity contribution is 6.42. The monoisotopic (exact) mass is 306 g/mol. The Morgan fingerprint density at radius 3 is 2.30 bits per heavy atom. The average Bonchev–Trinajstić information content (AvgIpc) is 3.27. The van der Waals surface area contributed by atoms with E-state index < -0.39 is 0 Å². The van der Waals surface area contributed by atoms with Crippen molar-refractivity contribution in [3.8, 4) is 0 Å². The maximum atomic E-state index is 6.36. The summed E-state index contributed by atoms with van der Waals surface area (Å²) in [5.41, 5.74) is 5.21. The molecule has 2 nitrogen and oxygen atoms in total. The molecule has 0 heterocycles. The topological polar surface area (TPSA) is 38.0 Å². The molecule has 0 aromatic heterocycles. The molecule has 2 aromatic rings. The predicted octanol–water partition coefficient (Wildman–Crippen LogP) is 4.23. The van der Waals surface area contributed by atoms with Gasteiger partial charge in [-0.1, -0.05) is 65.7 Å². The van der Waals surface area contributed by atoms with Crippen LogP contribution in [0.5, 0.6) is 0 Å². The first-order chi connectivity index (χ1) is 9.69. The van der Waals surface area contributed by atoms with Gasteiger partial charge < -0.3 is 0 Å². The lowest BCUT2D eigenvalue weighted by Gasteiger charge is -2.28. The molecule has 0 saturated heterocycles. The third-order valence-electron chi connectivity index (χ3n) is 4.15. The molecule has 1 aliphatic rings. The number of hydrogen-bond donors (Lipinski definition) is 2. The second-order valence-corrected chi connectivity index (χ2v) is 6.05. The third kappa shape index (κ3) is 2.23. The van der Waals surface area contributed by atoms with Crippen molar-refractivity contribution in [2.75, 3.05) is 0 Å². The smallest absolute Gasteiger partial charge is 0.0640 e. The number of rotatable bonds is 4. The molecular weight excluding hydrogens is 291 g/mol. The zero-order valence-corrected chi connectivity index (χ0v) is 12.5. The fourth-order valence-corrected chi connectivity index (χ4v) is 3.36. The SMILES string of the molecule is NNC(c1cccc(Cl)c1Cl)C1(c2ccccc2)CC1. The van der Waals surface area contributed by atoms with Crippen LogP contribution in [0.25, 0.3) is 0 Å². The highest BCUT2D eigenvalue weighted by Gasteiger charge is 2.51. The first-order valence-corrected chi connectivity index (χ1v) is 7.40. The summed E-state index contributed by atoms with van der Waals surface area (Å²) in [7, 11) is 0. The second-order valence-electron chi connectivity index (χ2n) is 5.26. The van der Waals surface area contributed by atoms with Gasteiger partial charge in [-0.3, -0.25) is 11.3 Å². The third-order valence-corrected chi connectivity index (χ3v) is 4.98. The van der Waals surface area contributed by atoms with Crippen LogP contribution in [0.4, 0.5) is 0 Å². The Balaban J connectivity index is 2.05. The van der Waals surface area contributed by atoms with E-state index in [0.717, 1.165) is 18.4 Å². The lowest BCUT2D eigenvalue weighted by atomic mass is 9.84. The molecule has 3 N–H and O–H groups in total. The van der Waals surface area contributed by atoms with Gasteiger partial charge in [0.15, 0.2) is 0 Å². The van der Waals surface area contributed by atoms with Gasteiger partial charge in [0.2, 0.25) is 0 Å². The van der Waals surface area contributed by atoms with E-state index in [-0.39, 0.29) is 11.5 Å². The maximum absolute atomic E-state index is 6.36. The van der Waals surface area contributed by atoms with E-state index in [9.17, 15) is 0 Å². The van der Waals surface area contributed by atoms with Crippen LogP contribution in [0.2, 0.25) is 10.0 Å². The first kappa shape index (κ1) is 13.9. The van der Waals surface area contributed by atoms with E-state index in [2.05, 4.69) is 29.7 Å². The first-order valence-electron chi connectivity index (χ1n) is 6.64. The summed E-state index contributed by atoms with van der Waals surface area (Å²) in [4.78, 5) is 0. The van der Waals surface area contributed by atoms with E-state index >= 15 is 0 Å². The average molecular weight is 307 g/mol. The molecule has 20 heavy (non-hydrogen) atoms. The van der Waals surface area contributed by atoms with Crippen LogP contribution < -0.4 is 11.3 Å². The van der Waals surface area contributed by atoms with Gasteiger partial charge in [-0.05, 0) is 30.0 Å². The van der Waals surface area contributed by atoms with Gasteiger partial charge in [0.1, 0.15) is 0 Å². The van der Waals surface area contributed by atoms with Crippen molar-refractivity contribution < 1.29 is 0 Å². The van der Waals surface area contributed by atoms with Crippen molar-refractivity contribution in [2.45, 2.75) is 24.3 Å². The lowest BCUT2D eigenvalue weighted by molar-refractivity contribution is 0.439. The van der Waals surface area contributed by atoms with Crippen LogP contribution in [0.1, 0.15) is 30.0 Å². The summed E-state index contributed by atoms with van der Waals surface area (Å²) in [6.07, 6.45) is 2.18. The number of halogens is 2. The Labute approximate surface area is 128 Å². The van der Waals surface area contributed by atoms with Crippen LogP contribution >= 0.6 is 23.2 Å². The second kappa shape index (κ2) is 5.38. The Bertz CT molecular complexity index is 609. The summed E-state index contributed by atoms with van der Waals surface area (Å²) in [5, 5.41) is 1.15. The standard InChI is InChI=1S/C16H16Cl2N2/c17-13-8-4-7-12(14(13)18)15(20-19)16(9-10-16)11-5-2-1-3-6-11/h1-8,15,20H,9-10,19H2. The molecule has 3 rings (SSSR count). The van der Waals surface area contributed by atoms with E-state index in [1.165, 1.54) is 5.56 Å². The minimum Gasteiger partial charge on any atom is -0.271 e. The van der Waals surface area contributed by atoms with E-state index in [4.69, 9.17) is 29.0 Å². The van der Waals surface area contributed by atoms with E-state index in [0.29, 0.717) is 10.0 Å². The Hall–Kier alpha value is -1.06. The molecule has 0 radical (unpaired) electrons. The van der Waals surface area contributed by atoms with Crippen LogP contribution in [0.3, 0.4) is 0 Å². The highest BCUT2D eigenvalue weighted by atomic mass is 35.5. The zero-order chi connectivity index (χ0) is 14.2. The minimum atomic E-state index is -0.0314. The number of nitrogens with one attached hydrogen (secondary N) is 1. The normalized spacial score (nSPS) is 17.8. The van der Waals surface area contributed by atoms with Gasteiger partial charge in [-0.25, -0.2) is 0 Å². The van der Waals surface area contributed by atoms with Crippen LogP contribution in [0.15, 0.2) is 48.5 Å². The van der Waals surface area contributed by atoms with Crippen molar-refractivity contribution in [1.29, 1.82) is 0 Å².